The van der Waals surface area contributed by atoms with E-state index in [4.69, 9.17) is 5.73 Å². The van der Waals surface area contributed by atoms with Gasteiger partial charge in [-0.3, -0.25) is 0 Å². The fourth-order valence-electron chi connectivity index (χ4n) is 1.99. The van der Waals surface area contributed by atoms with Crippen LogP contribution in [-0.2, 0) is 0 Å². The van der Waals surface area contributed by atoms with Crippen LogP contribution in [0.3, 0.4) is 0 Å². The molecule has 0 amide bonds. The van der Waals surface area contributed by atoms with Crippen molar-refractivity contribution in [2.75, 3.05) is 0 Å². The lowest BCUT2D eigenvalue weighted by Gasteiger charge is -2.03. The van der Waals surface area contributed by atoms with Gasteiger partial charge in [-0.25, -0.2) is 0 Å². The molecule has 0 heterocycles. The molecule has 0 spiro atoms. The monoisotopic (exact) mass is 127 g/mol. The van der Waals surface area contributed by atoms with Crippen LogP contribution in [0.1, 0.15) is 27.7 Å². The van der Waals surface area contributed by atoms with Gasteiger partial charge in [-0.05, 0) is 17.3 Å². The molecular weight excluding hydrogens is 110 g/mol. The van der Waals surface area contributed by atoms with Crippen LogP contribution >= 0.6 is 0 Å². The number of hydrogen-bond acceptors (Lipinski definition) is 1. The lowest BCUT2D eigenvalue weighted by atomic mass is 10.0. The van der Waals surface area contributed by atoms with Crippen LogP contribution in [-0.4, -0.2) is 6.04 Å². The number of nitrogens with two attached hydrogens (primary N) is 1. The maximum atomic E-state index is 5.85. The van der Waals surface area contributed by atoms with Gasteiger partial charge < -0.3 is 5.73 Å². The van der Waals surface area contributed by atoms with Crippen LogP contribution in [0.5, 0.6) is 0 Å². The summed E-state index contributed by atoms with van der Waals surface area (Å²) in [5, 5.41) is 0. The zero-order valence-corrected chi connectivity index (χ0v) is 6.81. The van der Waals surface area contributed by atoms with E-state index >= 15 is 0 Å². The number of rotatable bonds is 1. The van der Waals surface area contributed by atoms with Crippen molar-refractivity contribution in [1.82, 2.24) is 0 Å². The van der Waals surface area contributed by atoms with Gasteiger partial charge in [0.2, 0.25) is 0 Å². The molecule has 2 atom stereocenters. The smallest absolute Gasteiger partial charge is 0.0130 e. The first-order valence-corrected chi connectivity index (χ1v) is 3.73. The highest BCUT2D eigenvalue weighted by Crippen LogP contribution is 2.54. The summed E-state index contributed by atoms with van der Waals surface area (Å²) in [4.78, 5) is 0. The molecule has 0 aromatic rings. The highest BCUT2D eigenvalue weighted by molar-refractivity contribution is 5.09. The third-order valence-corrected chi connectivity index (χ3v) is 2.71. The average Bonchev–Trinajstić information content (AvgIpc) is 2.07. The average molecular weight is 127 g/mol. The summed E-state index contributed by atoms with van der Waals surface area (Å²) in [6.07, 6.45) is 0. The lowest BCUT2D eigenvalue weighted by Crippen LogP contribution is -2.07. The zero-order chi connectivity index (χ0) is 7.23. The maximum Gasteiger partial charge on any atom is 0.0130 e. The Morgan fingerprint density at radius 3 is 1.67 bits per heavy atom. The Morgan fingerprint density at radius 2 is 1.67 bits per heavy atom. The highest BCUT2D eigenvalue weighted by atomic mass is 14.8. The second-order valence-corrected chi connectivity index (χ2v) is 4.12. The summed E-state index contributed by atoms with van der Waals surface area (Å²) in [7, 11) is 0. The lowest BCUT2D eigenvalue weighted by molar-refractivity contribution is 0.451. The van der Waals surface area contributed by atoms with Crippen LogP contribution in [0.25, 0.3) is 0 Å². The third kappa shape index (κ3) is 0.877. The molecule has 1 aliphatic carbocycles. The Labute approximate surface area is 57.6 Å². The van der Waals surface area contributed by atoms with E-state index in [1.54, 1.807) is 0 Å². The van der Waals surface area contributed by atoms with E-state index in [2.05, 4.69) is 27.7 Å². The first-order chi connectivity index (χ1) is 3.98. The summed E-state index contributed by atoms with van der Waals surface area (Å²) in [5.74, 6) is 1.52. The van der Waals surface area contributed by atoms with E-state index in [9.17, 15) is 0 Å². The van der Waals surface area contributed by atoms with E-state index in [1.807, 2.05) is 0 Å². The second-order valence-electron chi connectivity index (χ2n) is 4.12. The van der Waals surface area contributed by atoms with Gasteiger partial charge >= 0.3 is 0 Å². The molecule has 0 aromatic heterocycles. The van der Waals surface area contributed by atoms with Gasteiger partial charge in [0.25, 0.3) is 0 Å². The minimum atomic E-state index is 0.425. The minimum Gasteiger partial charge on any atom is -0.327 e. The fraction of sp³-hybridized carbons (Fsp3) is 1.00. The van der Waals surface area contributed by atoms with Gasteiger partial charge in [0.15, 0.2) is 0 Å². The van der Waals surface area contributed by atoms with Crippen LogP contribution < -0.4 is 5.73 Å². The van der Waals surface area contributed by atoms with E-state index < -0.39 is 0 Å². The molecule has 1 rings (SSSR count). The molecule has 0 aliphatic heterocycles. The molecule has 2 unspecified atom stereocenters. The van der Waals surface area contributed by atoms with E-state index in [0.29, 0.717) is 11.5 Å². The standard InChI is InChI=1S/C8H17N/c1-5(2)6-7(9)8(6,3)4/h5-7H,9H2,1-4H3. The predicted octanol–water partition coefficient (Wildman–Crippen LogP) is 1.63. The summed E-state index contributed by atoms with van der Waals surface area (Å²) < 4.78 is 0. The van der Waals surface area contributed by atoms with Gasteiger partial charge in [0.1, 0.15) is 0 Å². The van der Waals surface area contributed by atoms with Crippen LogP contribution in [0.4, 0.5) is 0 Å². The van der Waals surface area contributed by atoms with Gasteiger partial charge in [0.05, 0.1) is 0 Å². The second kappa shape index (κ2) is 1.72. The van der Waals surface area contributed by atoms with Crippen molar-refractivity contribution >= 4 is 0 Å². The van der Waals surface area contributed by atoms with Crippen molar-refractivity contribution < 1.29 is 0 Å². The highest BCUT2D eigenvalue weighted by Gasteiger charge is 2.56. The number of hydrogen-bond donors (Lipinski definition) is 1. The molecule has 1 fully saturated rings. The Hall–Kier alpha value is -0.0400. The molecule has 1 aliphatic rings. The summed E-state index contributed by atoms with van der Waals surface area (Å²) in [5.41, 5.74) is 6.27. The quantitative estimate of drug-likeness (QED) is 0.569. The van der Waals surface area contributed by atoms with Crippen molar-refractivity contribution in [2.24, 2.45) is 23.0 Å². The van der Waals surface area contributed by atoms with Gasteiger partial charge in [-0.15, -0.1) is 0 Å². The predicted molar refractivity (Wildman–Crippen MR) is 40.1 cm³/mol. The molecule has 0 saturated heterocycles. The molecule has 1 nitrogen and oxygen atoms in total. The third-order valence-electron chi connectivity index (χ3n) is 2.71. The molecular formula is C8H17N. The fourth-order valence-corrected chi connectivity index (χ4v) is 1.99. The molecule has 0 bridgehead atoms. The minimum absolute atomic E-state index is 0.425. The summed E-state index contributed by atoms with van der Waals surface area (Å²) >= 11 is 0. The molecule has 0 aromatic carbocycles. The topological polar surface area (TPSA) is 26.0 Å². The van der Waals surface area contributed by atoms with Crippen molar-refractivity contribution in [3.05, 3.63) is 0 Å². The van der Waals surface area contributed by atoms with Crippen LogP contribution in [0, 0.1) is 17.3 Å². The van der Waals surface area contributed by atoms with Gasteiger partial charge in [-0.2, -0.15) is 0 Å². The van der Waals surface area contributed by atoms with Crippen molar-refractivity contribution in [3.63, 3.8) is 0 Å². The molecule has 9 heavy (non-hydrogen) atoms. The molecule has 1 saturated carbocycles. The zero-order valence-electron chi connectivity index (χ0n) is 6.81. The van der Waals surface area contributed by atoms with Crippen LogP contribution in [0.2, 0.25) is 0 Å². The van der Waals surface area contributed by atoms with Gasteiger partial charge in [-0.1, -0.05) is 27.7 Å². The Bertz CT molecular complexity index is 116. The van der Waals surface area contributed by atoms with Gasteiger partial charge in [0, 0.05) is 6.04 Å². The first-order valence-electron chi connectivity index (χ1n) is 3.73. The SMILES string of the molecule is CC(C)C1C(N)C1(C)C. The molecule has 54 valence electrons. The van der Waals surface area contributed by atoms with Crippen LogP contribution in [0.15, 0.2) is 0 Å². The van der Waals surface area contributed by atoms with E-state index in [1.165, 1.54) is 0 Å². The Morgan fingerprint density at radius 1 is 1.33 bits per heavy atom. The molecule has 2 N–H and O–H groups in total. The maximum absolute atomic E-state index is 5.85. The van der Waals surface area contributed by atoms with E-state index in [-0.39, 0.29) is 0 Å². The van der Waals surface area contributed by atoms with E-state index in [0.717, 1.165) is 11.8 Å². The molecule has 0 radical (unpaired) electrons. The largest absolute Gasteiger partial charge is 0.327 e. The molecule has 1 heteroatoms. The van der Waals surface area contributed by atoms with Crippen molar-refractivity contribution in [3.8, 4) is 0 Å². The van der Waals surface area contributed by atoms with Crippen molar-refractivity contribution in [2.45, 2.75) is 33.7 Å². The first kappa shape index (κ1) is 7.07. The van der Waals surface area contributed by atoms with Crippen molar-refractivity contribution in [1.29, 1.82) is 0 Å². The summed E-state index contributed by atoms with van der Waals surface area (Å²) in [6.45, 7) is 9.00. The summed E-state index contributed by atoms with van der Waals surface area (Å²) in [6, 6.07) is 0.456. The Kier molecular flexibility index (Phi) is 1.35. The Balaban J connectivity index is 2.52. The normalized spacial score (nSPS) is 39.3.